The molecule has 0 aliphatic heterocycles. The number of hydrogen-bond donors (Lipinski definition) is 2. The van der Waals surface area contributed by atoms with E-state index in [-0.39, 0.29) is 5.92 Å². The molecule has 0 heterocycles. The number of primary amides is 1. The van der Waals surface area contributed by atoms with Gasteiger partial charge in [0.25, 0.3) is 0 Å². The van der Waals surface area contributed by atoms with Crippen molar-refractivity contribution < 1.29 is 9.59 Å². The molecule has 2 bridgehead atoms. The first kappa shape index (κ1) is 17.5. The molecule has 0 aromatic heterocycles. The van der Waals surface area contributed by atoms with E-state index in [0.29, 0.717) is 41.9 Å². The quantitative estimate of drug-likeness (QED) is 0.850. The molecule has 5 heteroatoms. The topological polar surface area (TPSA) is 89.4 Å². The molecule has 3 aliphatic rings. The fraction of sp³-hybridized carbons (Fsp3) is 0.619. The zero-order valence-corrected chi connectivity index (χ0v) is 15.3. The predicted octanol–water partition coefficient (Wildman–Crippen LogP) is 2.43. The highest BCUT2D eigenvalue weighted by Gasteiger charge is 2.43. The Labute approximate surface area is 155 Å². The first-order valence-corrected chi connectivity index (χ1v) is 9.97. The molecule has 0 saturated heterocycles. The summed E-state index contributed by atoms with van der Waals surface area (Å²) in [5, 5.41) is 0. The van der Waals surface area contributed by atoms with Crippen LogP contribution in [0.5, 0.6) is 0 Å². The van der Waals surface area contributed by atoms with Crippen LogP contribution < -0.4 is 11.5 Å². The second-order valence-electron chi connectivity index (χ2n) is 8.46. The van der Waals surface area contributed by atoms with Crippen molar-refractivity contribution in [1.29, 1.82) is 0 Å². The average Bonchev–Trinajstić information content (AvgIpc) is 3.44. The number of amides is 2. The van der Waals surface area contributed by atoms with Gasteiger partial charge in [-0.15, -0.1) is 0 Å². The van der Waals surface area contributed by atoms with Gasteiger partial charge in [0.05, 0.1) is 0 Å². The first-order valence-electron chi connectivity index (χ1n) is 9.97. The van der Waals surface area contributed by atoms with Crippen molar-refractivity contribution >= 4 is 11.8 Å². The number of benzene rings is 1. The van der Waals surface area contributed by atoms with Crippen LogP contribution in [0.1, 0.15) is 60.9 Å². The van der Waals surface area contributed by atoms with Gasteiger partial charge in [-0.25, -0.2) is 0 Å². The van der Waals surface area contributed by atoms with Crippen molar-refractivity contribution in [2.75, 3.05) is 0 Å². The van der Waals surface area contributed by atoms with Crippen molar-refractivity contribution in [3.05, 3.63) is 35.4 Å². The third-order valence-corrected chi connectivity index (χ3v) is 6.62. The molecule has 140 valence electrons. The molecule has 0 spiro atoms. The largest absolute Gasteiger partial charge is 0.366 e. The molecule has 26 heavy (non-hydrogen) atoms. The summed E-state index contributed by atoms with van der Waals surface area (Å²) in [7, 11) is 0. The third kappa shape index (κ3) is 3.50. The van der Waals surface area contributed by atoms with E-state index < -0.39 is 5.91 Å². The molecular formula is C21H29N3O2. The van der Waals surface area contributed by atoms with Crippen LogP contribution >= 0.6 is 0 Å². The molecular weight excluding hydrogens is 326 g/mol. The van der Waals surface area contributed by atoms with Gasteiger partial charge in [0.15, 0.2) is 0 Å². The Morgan fingerprint density at radius 1 is 1.00 bits per heavy atom. The van der Waals surface area contributed by atoms with Crippen molar-refractivity contribution in [2.45, 2.75) is 63.6 Å². The minimum atomic E-state index is -0.420. The fourth-order valence-corrected chi connectivity index (χ4v) is 4.97. The van der Waals surface area contributed by atoms with Gasteiger partial charge in [0, 0.05) is 30.1 Å². The summed E-state index contributed by atoms with van der Waals surface area (Å²) in [5.74, 6) is 1.07. The summed E-state index contributed by atoms with van der Waals surface area (Å²) in [4.78, 5) is 26.6. The van der Waals surface area contributed by atoms with E-state index in [9.17, 15) is 9.59 Å². The highest BCUT2D eigenvalue weighted by molar-refractivity contribution is 5.92. The van der Waals surface area contributed by atoms with Gasteiger partial charge in [0.1, 0.15) is 0 Å². The number of carbonyl (C=O) groups is 2. The molecule has 1 aromatic carbocycles. The van der Waals surface area contributed by atoms with Gasteiger partial charge < -0.3 is 16.4 Å². The summed E-state index contributed by atoms with van der Waals surface area (Å²) in [5.41, 5.74) is 13.3. The van der Waals surface area contributed by atoms with E-state index in [0.717, 1.165) is 31.2 Å². The number of nitrogens with zero attached hydrogens (tertiary/aromatic N) is 1. The van der Waals surface area contributed by atoms with Gasteiger partial charge in [-0.1, -0.05) is 18.6 Å². The van der Waals surface area contributed by atoms with E-state index in [4.69, 9.17) is 11.5 Å². The number of carbonyl (C=O) groups excluding carboxylic acids is 2. The Hall–Kier alpha value is -1.88. The van der Waals surface area contributed by atoms with Crippen molar-refractivity contribution in [1.82, 2.24) is 4.90 Å². The SMILES string of the molecule is NC(=O)c1ccc(CN(C(=O)C2CC3CCCC(C2)C3N)C2CC2)cc1. The summed E-state index contributed by atoms with van der Waals surface area (Å²) in [6.45, 7) is 0.625. The number of rotatable bonds is 5. The molecule has 4 rings (SSSR count). The number of hydrogen-bond acceptors (Lipinski definition) is 3. The zero-order valence-electron chi connectivity index (χ0n) is 15.3. The maximum atomic E-state index is 13.3. The Balaban J connectivity index is 1.46. The average molecular weight is 355 g/mol. The molecule has 3 fully saturated rings. The summed E-state index contributed by atoms with van der Waals surface area (Å²) in [6.07, 6.45) is 7.75. The van der Waals surface area contributed by atoms with E-state index >= 15 is 0 Å². The first-order chi connectivity index (χ1) is 12.5. The smallest absolute Gasteiger partial charge is 0.248 e. The standard InChI is InChI=1S/C21H29N3O2/c22-19-15-2-1-3-16(19)11-17(10-15)21(26)24(18-8-9-18)12-13-4-6-14(7-5-13)20(23)25/h4-7,15-19H,1-3,8-12,22H2,(H2,23,25). The predicted molar refractivity (Wildman–Crippen MR) is 100 cm³/mol. The van der Waals surface area contributed by atoms with E-state index in [2.05, 4.69) is 4.90 Å². The second-order valence-corrected chi connectivity index (χ2v) is 8.46. The van der Waals surface area contributed by atoms with Crippen LogP contribution in [-0.4, -0.2) is 28.8 Å². The lowest BCUT2D eigenvalue weighted by Crippen LogP contribution is -2.50. The van der Waals surface area contributed by atoms with E-state index in [1.807, 2.05) is 12.1 Å². The molecule has 5 nitrogen and oxygen atoms in total. The molecule has 0 radical (unpaired) electrons. The Kier molecular flexibility index (Phi) is 4.74. The second kappa shape index (κ2) is 7.03. The van der Waals surface area contributed by atoms with Gasteiger partial charge in [-0.3, -0.25) is 9.59 Å². The molecule has 3 aliphatic carbocycles. The van der Waals surface area contributed by atoms with Crippen LogP contribution in [0, 0.1) is 17.8 Å². The van der Waals surface area contributed by atoms with Gasteiger partial charge in [-0.05, 0) is 68.1 Å². The summed E-state index contributed by atoms with van der Waals surface area (Å²) >= 11 is 0. The minimum Gasteiger partial charge on any atom is -0.366 e. The van der Waals surface area contributed by atoms with E-state index in [1.54, 1.807) is 12.1 Å². The third-order valence-electron chi connectivity index (χ3n) is 6.62. The molecule has 2 amide bonds. The van der Waals surface area contributed by atoms with Crippen molar-refractivity contribution in [2.24, 2.45) is 29.2 Å². The summed E-state index contributed by atoms with van der Waals surface area (Å²) in [6, 6.07) is 7.99. The molecule has 2 atom stereocenters. The minimum absolute atomic E-state index is 0.135. The van der Waals surface area contributed by atoms with Crippen LogP contribution in [0.4, 0.5) is 0 Å². The van der Waals surface area contributed by atoms with Crippen LogP contribution in [0.2, 0.25) is 0 Å². The maximum absolute atomic E-state index is 13.3. The van der Waals surface area contributed by atoms with Crippen LogP contribution in [0.3, 0.4) is 0 Å². The highest BCUT2D eigenvalue weighted by Crippen LogP contribution is 2.43. The Morgan fingerprint density at radius 2 is 1.62 bits per heavy atom. The van der Waals surface area contributed by atoms with Crippen molar-refractivity contribution in [3.8, 4) is 0 Å². The maximum Gasteiger partial charge on any atom is 0.248 e. The molecule has 1 aromatic rings. The van der Waals surface area contributed by atoms with Crippen molar-refractivity contribution in [3.63, 3.8) is 0 Å². The molecule has 2 unspecified atom stereocenters. The lowest BCUT2D eigenvalue weighted by atomic mass is 9.65. The van der Waals surface area contributed by atoms with Gasteiger partial charge in [0.2, 0.25) is 11.8 Å². The normalized spacial score (nSPS) is 30.7. The summed E-state index contributed by atoms with van der Waals surface area (Å²) < 4.78 is 0. The highest BCUT2D eigenvalue weighted by atomic mass is 16.2. The Bertz CT molecular complexity index is 669. The lowest BCUT2D eigenvalue weighted by Gasteiger charge is -2.44. The zero-order chi connectivity index (χ0) is 18.3. The van der Waals surface area contributed by atoms with Crippen LogP contribution in [0.25, 0.3) is 0 Å². The Morgan fingerprint density at radius 3 is 2.15 bits per heavy atom. The van der Waals surface area contributed by atoms with Crippen LogP contribution in [0.15, 0.2) is 24.3 Å². The van der Waals surface area contributed by atoms with E-state index in [1.165, 1.54) is 19.3 Å². The monoisotopic (exact) mass is 355 g/mol. The van der Waals surface area contributed by atoms with Crippen LogP contribution in [-0.2, 0) is 11.3 Å². The fourth-order valence-electron chi connectivity index (χ4n) is 4.97. The van der Waals surface area contributed by atoms with Gasteiger partial charge in [-0.2, -0.15) is 0 Å². The lowest BCUT2D eigenvalue weighted by molar-refractivity contribution is -0.140. The molecule has 3 saturated carbocycles. The number of fused-ring (bicyclic) bond motifs is 2. The molecule has 4 N–H and O–H groups in total. The number of nitrogens with two attached hydrogens (primary N) is 2. The van der Waals surface area contributed by atoms with Gasteiger partial charge >= 0.3 is 0 Å².